The summed E-state index contributed by atoms with van der Waals surface area (Å²) in [6.07, 6.45) is 3.77. The Morgan fingerprint density at radius 3 is 2.52 bits per heavy atom. The van der Waals surface area contributed by atoms with Crippen LogP contribution in [0.4, 0.5) is 5.82 Å². The van der Waals surface area contributed by atoms with Gasteiger partial charge in [-0.15, -0.1) is 0 Å². The number of anilines is 1. The molecule has 0 unspecified atom stereocenters. The zero-order chi connectivity index (χ0) is 17.4. The summed E-state index contributed by atoms with van der Waals surface area (Å²) in [6, 6.07) is 10.1. The second-order valence-electron chi connectivity index (χ2n) is 6.38. The van der Waals surface area contributed by atoms with Crippen molar-refractivity contribution in [3.8, 4) is 11.5 Å². The van der Waals surface area contributed by atoms with Crippen molar-refractivity contribution in [3.05, 3.63) is 53.9 Å². The van der Waals surface area contributed by atoms with E-state index in [0.29, 0.717) is 5.92 Å². The molecule has 1 aromatic carbocycles. The average Bonchev–Trinajstić information content (AvgIpc) is 2.60. The number of hydrogen-bond donors (Lipinski definition) is 0. The molecule has 0 N–H and O–H groups in total. The highest BCUT2D eigenvalue weighted by atomic mass is 16.5. The molecule has 4 rings (SSSR count). The number of methoxy groups -OCH3 is 2. The molecule has 0 radical (unpaired) electrons. The summed E-state index contributed by atoms with van der Waals surface area (Å²) in [5.41, 5.74) is 3.28. The highest BCUT2D eigenvalue weighted by Gasteiger charge is 2.30. The molecule has 1 fully saturated rings. The van der Waals surface area contributed by atoms with Crippen LogP contribution in [0.1, 0.15) is 17.0 Å². The number of ether oxygens (including phenoxy) is 2. The van der Waals surface area contributed by atoms with Crippen molar-refractivity contribution in [1.29, 1.82) is 0 Å². The molecule has 0 spiro atoms. The molecule has 0 saturated carbocycles. The highest BCUT2D eigenvalue weighted by molar-refractivity contribution is 5.94. The van der Waals surface area contributed by atoms with Crippen LogP contribution in [0.3, 0.4) is 0 Å². The number of fused-ring (bicyclic) bond motifs is 1. The molecular formula is C20H21N3O2. The molecule has 0 amide bonds. The van der Waals surface area contributed by atoms with Gasteiger partial charge < -0.3 is 14.4 Å². The van der Waals surface area contributed by atoms with Gasteiger partial charge in [-0.25, -0.2) is 4.98 Å². The zero-order valence-electron chi connectivity index (χ0n) is 14.7. The molecule has 1 aliphatic rings. The van der Waals surface area contributed by atoms with E-state index < -0.39 is 0 Å². The third-order valence-corrected chi connectivity index (χ3v) is 4.87. The fourth-order valence-electron chi connectivity index (χ4n) is 3.45. The molecule has 5 heteroatoms. The number of aromatic nitrogens is 2. The number of nitrogens with zero attached hydrogens (tertiary/aromatic N) is 3. The Morgan fingerprint density at radius 1 is 1.08 bits per heavy atom. The van der Waals surface area contributed by atoms with E-state index in [0.717, 1.165) is 46.9 Å². The van der Waals surface area contributed by atoms with Gasteiger partial charge in [0.2, 0.25) is 0 Å². The topological polar surface area (TPSA) is 47.5 Å². The lowest BCUT2D eigenvalue weighted by molar-refractivity contribution is 0.409. The van der Waals surface area contributed by atoms with E-state index in [9.17, 15) is 0 Å². The molecular weight excluding hydrogens is 314 g/mol. The van der Waals surface area contributed by atoms with Crippen LogP contribution in [0.2, 0.25) is 0 Å². The van der Waals surface area contributed by atoms with Gasteiger partial charge in [-0.05, 0) is 42.3 Å². The van der Waals surface area contributed by atoms with Crippen LogP contribution in [0.5, 0.6) is 11.5 Å². The smallest absolute Gasteiger partial charge is 0.145 e. The van der Waals surface area contributed by atoms with E-state index in [-0.39, 0.29) is 0 Å². The standard InChI is InChI=1S/C20H21N3O2/c1-13-9-18(23-11-15(12-23)14-5-4-8-21-10-14)22-20-17(25-3)7-6-16(24-2)19(13)20/h4-10,15H,11-12H2,1-3H3. The predicted octanol–water partition coefficient (Wildman–Crippen LogP) is 3.56. The van der Waals surface area contributed by atoms with E-state index in [1.165, 1.54) is 5.56 Å². The lowest BCUT2D eigenvalue weighted by atomic mass is 9.92. The maximum Gasteiger partial charge on any atom is 0.145 e. The van der Waals surface area contributed by atoms with Gasteiger partial charge in [0.05, 0.1) is 14.2 Å². The largest absolute Gasteiger partial charge is 0.496 e. The molecule has 3 heterocycles. The van der Waals surface area contributed by atoms with Gasteiger partial charge in [-0.1, -0.05) is 6.07 Å². The van der Waals surface area contributed by atoms with Gasteiger partial charge in [0.25, 0.3) is 0 Å². The highest BCUT2D eigenvalue weighted by Crippen LogP contribution is 2.38. The van der Waals surface area contributed by atoms with Gasteiger partial charge in [-0.2, -0.15) is 0 Å². The molecule has 0 bridgehead atoms. The summed E-state index contributed by atoms with van der Waals surface area (Å²) in [6.45, 7) is 4.00. The zero-order valence-corrected chi connectivity index (χ0v) is 14.7. The summed E-state index contributed by atoms with van der Waals surface area (Å²) in [7, 11) is 3.36. The monoisotopic (exact) mass is 335 g/mol. The molecule has 0 atom stereocenters. The Bertz CT molecular complexity index is 906. The van der Waals surface area contributed by atoms with Crippen molar-refractivity contribution in [2.45, 2.75) is 12.8 Å². The van der Waals surface area contributed by atoms with Crippen LogP contribution in [-0.2, 0) is 0 Å². The van der Waals surface area contributed by atoms with Gasteiger partial charge >= 0.3 is 0 Å². The van der Waals surface area contributed by atoms with E-state index in [2.05, 4.69) is 28.9 Å². The van der Waals surface area contributed by atoms with Crippen LogP contribution in [0.25, 0.3) is 10.9 Å². The normalized spacial score (nSPS) is 14.4. The minimum Gasteiger partial charge on any atom is -0.496 e. The number of hydrogen-bond acceptors (Lipinski definition) is 5. The average molecular weight is 335 g/mol. The minimum absolute atomic E-state index is 0.513. The number of benzene rings is 1. The Labute approximate surface area is 147 Å². The van der Waals surface area contributed by atoms with Crippen molar-refractivity contribution in [3.63, 3.8) is 0 Å². The number of pyridine rings is 2. The summed E-state index contributed by atoms with van der Waals surface area (Å²) < 4.78 is 11.0. The van der Waals surface area contributed by atoms with Gasteiger partial charge in [-0.3, -0.25) is 4.98 Å². The van der Waals surface area contributed by atoms with Gasteiger partial charge in [0.15, 0.2) is 0 Å². The van der Waals surface area contributed by atoms with Crippen molar-refractivity contribution in [2.75, 3.05) is 32.2 Å². The van der Waals surface area contributed by atoms with E-state index in [1.807, 2.05) is 30.6 Å². The number of rotatable bonds is 4. The fraction of sp³-hybridized carbons (Fsp3) is 0.300. The van der Waals surface area contributed by atoms with E-state index >= 15 is 0 Å². The first-order valence-electron chi connectivity index (χ1n) is 8.38. The lowest BCUT2D eigenvalue weighted by Gasteiger charge is -2.40. The summed E-state index contributed by atoms with van der Waals surface area (Å²) >= 11 is 0. The fourth-order valence-corrected chi connectivity index (χ4v) is 3.45. The Balaban J connectivity index is 1.68. The number of aryl methyl sites for hydroxylation is 1. The maximum absolute atomic E-state index is 5.51. The molecule has 25 heavy (non-hydrogen) atoms. The minimum atomic E-state index is 0.513. The maximum atomic E-state index is 5.51. The summed E-state index contributed by atoms with van der Waals surface area (Å²) in [5, 5.41) is 1.01. The first-order chi connectivity index (χ1) is 12.2. The first kappa shape index (κ1) is 15.7. The second-order valence-corrected chi connectivity index (χ2v) is 6.38. The lowest BCUT2D eigenvalue weighted by Crippen LogP contribution is -2.45. The third kappa shape index (κ3) is 2.65. The van der Waals surface area contributed by atoms with Crippen molar-refractivity contribution >= 4 is 16.7 Å². The van der Waals surface area contributed by atoms with Crippen LogP contribution in [0.15, 0.2) is 42.7 Å². The van der Waals surface area contributed by atoms with E-state index in [4.69, 9.17) is 14.5 Å². The van der Waals surface area contributed by atoms with Crippen molar-refractivity contribution < 1.29 is 9.47 Å². The summed E-state index contributed by atoms with van der Waals surface area (Å²) in [5.74, 6) is 3.09. The van der Waals surface area contributed by atoms with Gasteiger partial charge in [0.1, 0.15) is 22.8 Å². The molecule has 5 nitrogen and oxygen atoms in total. The van der Waals surface area contributed by atoms with Crippen LogP contribution >= 0.6 is 0 Å². The summed E-state index contributed by atoms with van der Waals surface area (Å²) in [4.78, 5) is 11.4. The van der Waals surface area contributed by atoms with Crippen LogP contribution in [0, 0.1) is 6.92 Å². The van der Waals surface area contributed by atoms with Crippen LogP contribution in [-0.4, -0.2) is 37.3 Å². The molecule has 2 aromatic heterocycles. The third-order valence-electron chi connectivity index (χ3n) is 4.87. The Kier molecular flexibility index (Phi) is 3.92. The molecule has 128 valence electrons. The van der Waals surface area contributed by atoms with Crippen LogP contribution < -0.4 is 14.4 Å². The SMILES string of the molecule is COc1ccc(OC)c2c(C)cc(N3CC(c4cccnc4)C3)nc12. The van der Waals surface area contributed by atoms with E-state index in [1.54, 1.807) is 14.2 Å². The quantitative estimate of drug-likeness (QED) is 0.729. The molecule has 1 saturated heterocycles. The van der Waals surface area contributed by atoms with Crippen molar-refractivity contribution in [1.82, 2.24) is 9.97 Å². The predicted molar refractivity (Wildman–Crippen MR) is 98.8 cm³/mol. The molecule has 0 aliphatic carbocycles. The Hall–Kier alpha value is -2.82. The molecule has 1 aliphatic heterocycles. The first-order valence-corrected chi connectivity index (χ1v) is 8.38. The second kappa shape index (κ2) is 6.24. The molecule has 3 aromatic rings. The van der Waals surface area contributed by atoms with Crippen molar-refractivity contribution in [2.24, 2.45) is 0 Å². The Morgan fingerprint density at radius 2 is 1.84 bits per heavy atom. The van der Waals surface area contributed by atoms with Gasteiger partial charge in [0, 0.05) is 36.8 Å².